The smallest absolute Gasteiger partial charge is 0.320 e. The van der Waals surface area contributed by atoms with Crippen LogP contribution in [0.5, 0.6) is 5.75 Å². The number of piperidine rings is 1. The number of ether oxygens (including phenoxy) is 1. The summed E-state index contributed by atoms with van der Waals surface area (Å²) in [6.07, 6.45) is 2.05. The van der Waals surface area contributed by atoms with Gasteiger partial charge in [0.05, 0.1) is 12.5 Å². The first-order valence-electron chi connectivity index (χ1n) is 8.00. The molecule has 0 spiro atoms. The third-order valence-corrected chi connectivity index (χ3v) is 4.71. The molecule has 0 aliphatic carbocycles. The maximum atomic E-state index is 12.3. The van der Waals surface area contributed by atoms with Crippen molar-refractivity contribution in [2.75, 3.05) is 20.2 Å². The van der Waals surface area contributed by atoms with Crippen molar-refractivity contribution in [1.29, 1.82) is 0 Å². The zero-order valence-electron chi connectivity index (χ0n) is 13.2. The number of likely N-dealkylation sites (N-methyl/N-ethyl adjacent to an activating group) is 1. The van der Waals surface area contributed by atoms with Crippen LogP contribution in [-0.2, 0) is 22.6 Å². The monoisotopic (exact) mass is 318 g/mol. The molecule has 0 radical (unpaired) electrons. The van der Waals surface area contributed by atoms with E-state index in [1.807, 2.05) is 12.1 Å². The molecule has 1 saturated heterocycles. The Balaban J connectivity index is 1.53. The SMILES string of the molecule is CN1CC(C(=O)NCc2ccc3c(c2)CCO3)CCC1C(=O)O. The molecule has 2 N–H and O–H groups in total. The van der Waals surface area contributed by atoms with Crippen molar-refractivity contribution in [2.45, 2.75) is 31.8 Å². The number of benzene rings is 1. The number of hydrogen-bond donors (Lipinski definition) is 2. The van der Waals surface area contributed by atoms with Gasteiger partial charge in [0.25, 0.3) is 0 Å². The Morgan fingerprint density at radius 3 is 2.96 bits per heavy atom. The molecule has 23 heavy (non-hydrogen) atoms. The summed E-state index contributed by atoms with van der Waals surface area (Å²) in [6, 6.07) is 5.53. The van der Waals surface area contributed by atoms with E-state index in [2.05, 4.69) is 11.4 Å². The lowest BCUT2D eigenvalue weighted by molar-refractivity contribution is -0.146. The van der Waals surface area contributed by atoms with Gasteiger partial charge in [0, 0.05) is 19.5 Å². The Labute approximate surface area is 135 Å². The van der Waals surface area contributed by atoms with E-state index < -0.39 is 12.0 Å². The van der Waals surface area contributed by atoms with E-state index in [0.717, 1.165) is 24.3 Å². The number of nitrogens with zero attached hydrogens (tertiary/aromatic N) is 1. The molecule has 3 rings (SSSR count). The van der Waals surface area contributed by atoms with Crippen molar-refractivity contribution in [2.24, 2.45) is 5.92 Å². The number of rotatable bonds is 4. The van der Waals surface area contributed by atoms with Gasteiger partial charge in [0.2, 0.25) is 5.91 Å². The lowest BCUT2D eigenvalue weighted by atomic mass is 9.92. The normalized spacial score (nSPS) is 23.9. The summed E-state index contributed by atoms with van der Waals surface area (Å²) >= 11 is 0. The molecule has 2 aliphatic heterocycles. The number of likely N-dealkylation sites (tertiary alicyclic amines) is 1. The van der Waals surface area contributed by atoms with E-state index in [0.29, 0.717) is 25.9 Å². The molecule has 2 atom stereocenters. The topological polar surface area (TPSA) is 78.9 Å². The van der Waals surface area contributed by atoms with E-state index in [1.54, 1.807) is 11.9 Å². The fourth-order valence-corrected chi connectivity index (χ4v) is 3.35. The molecule has 1 fully saturated rings. The second-order valence-corrected chi connectivity index (χ2v) is 6.33. The van der Waals surface area contributed by atoms with E-state index in [4.69, 9.17) is 9.84 Å². The maximum absolute atomic E-state index is 12.3. The van der Waals surface area contributed by atoms with Crippen molar-refractivity contribution in [3.63, 3.8) is 0 Å². The van der Waals surface area contributed by atoms with Gasteiger partial charge in [0.1, 0.15) is 11.8 Å². The minimum absolute atomic E-state index is 0.00237. The number of carbonyl (C=O) groups is 2. The summed E-state index contributed by atoms with van der Waals surface area (Å²) in [5, 5.41) is 12.1. The lowest BCUT2D eigenvalue weighted by Gasteiger charge is -2.34. The van der Waals surface area contributed by atoms with Crippen LogP contribution in [0.2, 0.25) is 0 Å². The second kappa shape index (κ2) is 6.58. The Morgan fingerprint density at radius 2 is 2.22 bits per heavy atom. The molecule has 1 aromatic carbocycles. The number of fused-ring (bicyclic) bond motifs is 1. The minimum atomic E-state index is -0.813. The molecule has 0 saturated carbocycles. The van der Waals surface area contributed by atoms with Gasteiger partial charge in [-0.1, -0.05) is 12.1 Å². The highest BCUT2D eigenvalue weighted by molar-refractivity contribution is 5.80. The van der Waals surface area contributed by atoms with Gasteiger partial charge in [0.15, 0.2) is 0 Å². The van der Waals surface area contributed by atoms with Crippen molar-refractivity contribution in [3.05, 3.63) is 29.3 Å². The predicted molar refractivity (Wildman–Crippen MR) is 84.3 cm³/mol. The average Bonchev–Trinajstić information content (AvgIpc) is 2.99. The molecule has 124 valence electrons. The van der Waals surface area contributed by atoms with Crippen molar-refractivity contribution < 1.29 is 19.4 Å². The average molecular weight is 318 g/mol. The van der Waals surface area contributed by atoms with Crippen molar-refractivity contribution in [3.8, 4) is 5.75 Å². The molecular formula is C17H22N2O4. The first-order valence-corrected chi connectivity index (χ1v) is 8.00. The highest BCUT2D eigenvalue weighted by atomic mass is 16.5. The highest BCUT2D eigenvalue weighted by Gasteiger charge is 2.33. The van der Waals surface area contributed by atoms with Gasteiger partial charge < -0.3 is 15.2 Å². The summed E-state index contributed by atoms with van der Waals surface area (Å²) in [5.74, 6) is -0.0220. The van der Waals surface area contributed by atoms with Gasteiger partial charge in [-0.2, -0.15) is 0 Å². The zero-order chi connectivity index (χ0) is 16.4. The second-order valence-electron chi connectivity index (χ2n) is 6.33. The number of nitrogens with one attached hydrogen (secondary N) is 1. The van der Waals surface area contributed by atoms with Crippen LogP contribution in [-0.4, -0.2) is 48.1 Å². The quantitative estimate of drug-likeness (QED) is 0.867. The van der Waals surface area contributed by atoms with Gasteiger partial charge in [-0.05, 0) is 37.1 Å². The fraction of sp³-hybridized carbons (Fsp3) is 0.529. The van der Waals surface area contributed by atoms with Crippen molar-refractivity contribution >= 4 is 11.9 Å². The molecular weight excluding hydrogens is 296 g/mol. The lowest BCUT2D eigenvalue weighted by Crippen LogP contribution is -2.49. The fourth-order valence-electron chi connectivity index (χ4n) is 3.35. The molecule has 0 bridgehead atoms. The Morgan fingerprint density at radius 1 is 1.39 bits per heavy atom. The van der Waals surface area contributed by atoms with Crippen LogP contribution < -0.4 is 10.1 Å². The van der Waals surface area contributed by atoms with Gasteiger partial charge >= 0.3 is 5.97 Å². The third kappa shape index (κ3) is 3.47. The van der Waals surface area contributed by atoms with Crippen LogP contribution in [0.4, 0.5) is 0 Å². The first-order chi connectivity index (χ1) is 11.0. The molecule has 0 aromatic heterocycles. The first kappa shape index (κ1) is 15.8. The van der Waals surface area contributed by atoms with E-state index in [-0.39, 0.29) is 11.8 Å². The van der Waals surface area contributed by atoms with Gasteiger partial charge in [-0.3, -0.25) is 14.5 Å². The number of carbonyl (C=O) groups excluding carboxylic acids is 1. The molecule has 2 unspecified atom stereocenters. The van der Waals surface area contributed by atoms with E-state index in [9.17, 15) is 9.59 Å². The largest absolute Gasteiger partial charge is 0.493 e. The minimum Gasteiger partial charge on any atom is -0.493 e. The van der Waals surface area contributed by atoms with Crippen LogP contribution in [0.3, 0.4) is 0 Å². The summed E-state index contributed by atoms with van der Waals surface area (Å²) < 4.78 is 5.47. The Hall–Kier alpha value is -2.08. The van der Waals surface area contributed by atoms with E-state index in [1.165, 1.54) is 5.56 Å². The van der Waals surface area contributed by atoms with Crippen LogP contribution in [0.15, 0.2) is 18.2 Å². The standard InChI is InChI=1S/C17H22N2O4/c1-19-10-13(3-4-14(19)17(21)22)16(20)18-9-11-2-5-15-12(8-11)6-7-23-15/h2,5,8,13-14H,3-4,6-7,9-10H2,1H3,(H,18,20)(H,21,22). The summed E-state index contributed by atoms with van der Waals surface area (Å²) in [5.41, 5.74) is 2.26. The summed E-state index contributed by atoms with van der Waals surface area (Å²) in [7, 11) is 1.76. The van der Waals surface area contributed by atoms with Gasteiger partial charge in [-0.15, -0.1) is 0 Å². The van der Waals surface area contributed by atoms with Gasteiger partial charge in [-0.25, -0.2) is 0 Å². The summed E-state index contributed by atoms with van der Waals surface area (Å²) in [6.45, 7) is 1.71. The van der Waals surface area contributed by atoms with E-state index >= 15 is 0 Å². The summed E-state index contributed by atoms with van der Waals surface area (Å²) in [4.78, 5) is 25.2. The number of hydrogen-bond acceptors (Lipinski definition) is 4. The zero-order valence-corrected chi connectivity index (χ0v) is 13.2. The van der Waals surface area contributed by atoms with Crippen LogP contribution in [0.25, 0.3) is 0 Å². The van der Waals surface area contributed by atoms with Crippen LogP contribution >= 0.6 is 0 Å². The molecule has 2 aliphatic rings. The number of carboxylic acid groups (broad SMARTS) is 1. The van der Waals surface area contributed by atoms with Crippen molar-refractivity contribution in [1.82, 2.24) is 10.2 Å². The number of carboxylic acids is 1. The maximum Gasteiger partial charge on any atom is 0.320 e. The third-order valence-electron chi connectivity index (χ3n) is 4.71. The van der Waals surface area contributed by atoms with Crippen LogP contribution in [0.1, 0.15) is 24.0 Å². The molecule has 2 heterocycles. The predicted octanol–water partition coefficient (Wildman–Crippen LogP) is 1.03. The molecule has 6 nitrogen and oxygen atoms in total. The molecule has 1 aromatic rings. The molecule has 1 amide bonds. The number of amides is 1. The highest BCUT2D eigenvalue weighted by Crippen LogP contribution is 2.26. The Bertz CT molecular complexity index is 617. The number of aliphatic carboxylic acids is 1. The Kier molecular flexibility index (Phi) is 4.52. The molecule has 6 heteroatoms. The van der Waals surface area contributed by atoms with Crippen LogP contribution in [0, 0.1) is 5.92 Å².